The van der Waals surface area contributed by atoms with E-state index >= 15 is 0 Å². The highest BCUT2D eigenvalue weighted by molar-refractivity contribution is 5.89. The van der Waals surface area contributed by atoms with E-state index < -0.39 is 23.9 Å². The van der Waals surface area contributed by atoms with Crippen molar-refractivity contribution in [1.82, 2.24) is 0 Å². The summed E-state index contributed by atoms with van der Waals surface area (Å²) in [5.74, 6) is -2.69. The molecule has 1 aromatic carbocycles. The molecule has 0 unspecified atom stereocenters. The molecule has 0 saturated carbocycles. The van der Waals surface area contributed by atoms with Crippen molar-refractivity contribution >= 4 is 30.0 Å². The molecule has 1 rings (SSSR count). The van der Waals surface area contributed by atoms with Gasteiger partial charge in [-0.25, -0.2) is 4.79 Å². The van der Waals surface area contributed by atoms with Crippen LogP contribution >= 0.6 is 0 Å². The first-order valence-corrected chi connectivity index (χ1v) is 10.3. The maximum atomic E-state index is 12.1. The van der Waals surface area contributed by atoms with Crippen LogP contribution in [-0.2, 0) is 23.9 Å². The van der Waals surface area contributed by atoms with Crippen LogP contribution in [0.4, 0.5) is 0 Å². The van der Waals surface area contributed by atoms with Gasteiger partial charge in [0.15, 0.2) is 0 Å². The summed E-state index contributed by atoms with van der Waals surface area (Å²) >= 11 is 0. The molecule has 0 N–H and O–H groups in total. The molecule has 0 atom stereocenters. The number of hydrogen-bond donors (Lipinski definition) is 0. The number of hydrogen-bond acceptors (Lipinski definition) is 8. The minimum atomic E-state index is -0.658. The Morgan fingerprint density at radius 3 is 1.82 bits per heavy atom. The van der Waals surface area contributed by atoms with Gasteiger partial charge in [0.2, 0.25) is 0 Å². The Labute approximate surface area is 193 Å². The van der Waals surface area contributed by atoms with Crippen molar-refractivity contribution in [3.63, 3.8) is 0 Å². The molecule has 0 fully saturated rings. The zero-order valence-electron chi connectivity index (χ0n) is 19.9. The zero-order chi connectivity index (χ0) is 25.0. The van der Waals surface area contributed by atoms with Crippen LogP contribution in [0.15, 0.2) is 41.5 Å². The van der Waals surface area contributed by atoms with E-state index in [1.807, 2.05) is 26.8 Å². The molecule has 0 amide bonds. The summed E-state index contributed by atoms with van der Waals surface area (Å²) in [5.41, 5.74) is 2.47. The molecular formula is C25H30O8. The van der Waals surface area contributed by atoms with Crippen LogP contribution in [-0.4, -0.2) is 30.5 Å². The highest BCUT2D eigenvalue weighted by atomic mass is 16.6. The largest absolute Gasteiger partial charge is 0.458 e. The summed E-state index contributed by atoms with van der Waals surface area (Å²) in [4.78, 5) is 46.5. The highest BCUT2D eigenvalue weighted by Crippen LogP contribution is 2.36. The van der Waals surface area contributed by atoms with E-state index in [1.165, 1.54) is 44.6 Å². The van der Waals surface area contributed by atoms with E-state index in [0.29, 0.717) is 0 Å². The first-order valence-electron chi connectivity index (χ1n) is 10.3. The quantitative estimate of drug-likeness (QED) is 0.215. The van der Waals surface area contributed by atoms with Crippen molar-refractivity contribution in [3.8, 4) is 17.2 Å². The van der Waals surface area contributed by atoms with E-state index in [9.17, 15) is 19.2 Å². The fourth-order valence-corrected chi connectivity index (χ4v) is 2.60. The molecule has 0 aliphatic heterocycles. The molecule has 0 heterocycles. The Hall–Kier alpha value is -3.68. The van der Waals surface area contributed by atoms with Crippen LogP contribution in [0, 0.1) is 0 Å². The third-order valence-electron chi connectivity index (χ3n) is 3.98. The molecule has 8 heteroatoms. The van der Waals surface area contributed by atoms with Gasteiger partial charge in [0.1, 0.15) is 23.9 Å². The van der Waals surface area contributed by atoms with Gasteiger partial charge in [0, 0.05) is 39.0 Å². The van der Waals surface area contributed by atoms with E-state index in [-0.39, 0.29) is 29.4 Å². The molecule has 0 radical (unpaired) electrons. The van der Waals surface area contributed by atoms with Crippen LogP contribution in [0.1, 0.15) is 59.9 Å². The number of carbonyl (C=O) groups is 4. The Morgan fingerprint density at radius 1 is 0.788 bits per heavy atom. The lowest BCUT2D eigenvalue weighted by atomic mass is 10.1. The monoisotopic (exact) mass is 458 g/mol. The van der Waals surface area contributed by atoms with Gasteiger partial charge < -0.3 is 18.9 Å². The maximum Gasteiger partial charge on any atom is 0.331 e. The Bertz CT molecular complexity index is 941. The van der Waals surface area contributed by atoms with Gasteiger partial charge in [-0.3, -0.25) is 14.4 Å². The minimum Gasteiger partial charge on any atom is -0.458 e. The van der Waals surface area contributed by atoms with Crippen LogP contribution in [0.5, 0.6) is 17.2 Å². The second-order valence-electron chi connectivity index (χ2n) is 7.45. The van der Waals surface area contributed by atoms with Crippen LogP contribution in [0.2, 0.25) is 0 Å². The third kappa shape index (κ3) is 11.5. The molecule has 0 saturated heterocycles. The normalized spacial score (nSPS) is 11.0. The summed E-state index contributed by atoms with van der Waals surface area (Å²) in [6, 6.07) is 2.55. The van der Waals surface area contributed by atoms with Gasteiger partial charge in [-0.15, -0.1) is 0 Å². The minimum absolute atomic E-state index is 0.00319. The van der Waals surface area contributed by atoms with Crippen molar-refractivity contribution in [2.45, 2.75) is 54.4 Å². The van der Waals surface area contributed by atoms with Crippen LogP contribution < -0.4 is 14.2 Å². The van der Waals surface area contributed by atoms with Crippen molar-refractivity contribution in [2.75, 3.05) is 6.61 Å². The van der Waals surface area contributed by atoms with Crippen molar-refractivity contribution < 1.29 is 38.1 Å². The van der Waals surface area contributed by atoms with Gasteiger partial charge in [0.05, 0.1) is 5.56 Å². The average molecular weight is 459 g/mol. The van der Waals surface area contributed by atoms with Gasteiger partial charge in [-0.1, -0.05) is 17.2 Å². The predicted octanol–water partition coefficient (Wildman–Crippen LogP) is 4.71. The van der Waals surface area contributed by atoms with Crippen LogP contribution in [0.3, 0.4) is 0 Å². The summed E-state index contributed by atoms with van der Waals surface area (Å²) in [6.45, 7) is 9.69. The van der Waals surface area contributed by atoms with E-state index in [2.05, 4.69) is 6.08 Å². The molecule has 0 aromatic heterocycles. The second kappa shape index (κ2) is 13.7. The first-order chi connectivity index (χ1) is 15.5. The Balaban J connectivity index is 3.05. The Morgan fingerprint density at radius 2 is 1.33 bits per heavy atom. The maximum absolute atomic E-state index is 12.1. The number of carbonyl (C=O) groups excluding carboxylic acids is 4. The molecule has 178 valence electrons. The zero-order valence-corrected chi connectivity index (χ0v) is 19.9. The average Bonchev–Trinajstić information content (AvgIpc) is 2.65. The SMILES string of the molecule is CC(=O)Oc1cc(OC(C)=O)c(/C=C/C(=O)OC/C=C(\C)CCC=C(C)C)c(OC(C)=O)c1. The number of rotatable bonds is 10. The predicted molar refractivity (Wildman–Crippen MR) is 123 cm³/mol. The topological polar surface area (TPSA) is 105 Å². The number of allylic oxidation sites excluding steroid dienone is 3. The van der Waals surface area contributed by atoms with Crippen molar-refractivity contribution in [2.24, 2.45) is 0 Å². The lowest BCUT2D eigenvalue weighted by Crippen LogP contribution is -2.09. The fraction of sp³-hybridized carbons (Fsp3) is 0.360. The molecule has 33 heavy (non-hydrogen) atoms. The van der Waals surface area contributed by atoms with E-state index in [1.54, 1.807) is 0 Å². The lowest BCUT2D eigenvalue weighted by molar-refractivity contribution is -0.136. The third-order valence-corrected chi connectivity index (χ3v) is 3.98. The highest BCUT2D eigenvalue weighted by Gasteiger charge is 2.17. The summed E-state index contributed by atoms with van der Waals surface area (Å²) in [7, 11) is 0. The summed E-state index contributed by atoms with van der Waals surface area (Å²) in [6.07, 6.45) is 8.16. The lowest BCUT2D eigenvalue weighted by Gasteiger charge is -2.13. The number of ether oxygens (including phenoxy) is 4. The molecule has 8 nitrogen and oxygen atoms in total. The number of benzene rings is 1. The molecule has 0 spiro atoms. The van der Waals surface area contributed by atoms with Crippen LogP contribution in [0.25, 0.3) is 6.08 Å². The molecule has 1 aromatic rings. The van der Waals surface area contributed by atoms with Gasteiger partial charge >= 0.3 is 23.9 Å². The summed E-state index contributed by atoms with van der Waals surface area (Å²) in [5, 5.41) is 0. The fourth-order valence-electron chi connectivity index (χ4n) is 2.60. The molecule has 0 aliphatic carbocycles. The standard InChI is InChI=1S/C25H30O8/c1-16(2)8-7-9-17(3)12-13-30-25(29)11-10-22-23(32-19(5)27)14-21(31-18(4)26)15-24(22)33-20(6)28/h8,10-12,14-15H,7,9,13H2,1-6H3/b11-10+,17-12+. The first kappa shape index (κ1) is 27.4. The Kier molecular flexibility index (Phi) is 11.3. The number of esters is 4. The van der Waals surface area contributed by atoms with Gasteiger partial charge in [0.25, 0.3) is 0 Å². The smallest absolute Gasteiger partial charge is 0.331 e. The van der Waals surface area contributed by atoms with E-state index in [4.69, 9.17) is 18.9 Å². The molecule has 0 bridgehead atoms. The van der Waals surface area contributed by atoms with Crippen molar-refractivity contribution in [3.05, 3.63) is 47.1 Å². The molecular weight excluding hydrogens is 428 g/mol. The van der Waals surface area contributed by atoms with Gasteiger partial charge in [-0.05, 0) is 45.8 Å². The van der Waals surface area contributed by atoms with Crippen molar-refractivity contribution in [1.29, 1.82) is 0 Å². The molecule has 0 aliphatic rings. The summed E-state index contributed by atoms with van der Waals surface area (Å²) < 4.78 is 20.5. The second-order valence-corrected chi connectivity index (χ2v) is 7.45. The van der Waals surface area contributed by atoms with E-state index in [0.717, 1.165) is 24.5 Å². The van der Waals surface area contributed by atoms with Gasteiger partial charge in [-0.2, -0.15) is 0 Å².